The van der Waals surface area contributed by atoms with E-state index in [-0.39, 0.29) is 16.4 Å². The van der Waals surface area contributed by atoms with Gasteiger partial charge < -0.3 is 5.21 Å². The molecule has 14 heavy (non-hydrogen) atoms. The fourth-order valence-corrected chi connectivity index (χ4v) is 1.16. The third kappa shape index (κ3) is 1.27. The summed E-state index contributed by atoms with van der Waals surface area (Å²) in [5.74, 6) is -0.00815. The minimum absolute atomic E-state index is 0.00815. The highest BCUT2D eigenvalue weighted by Crippen LogP contribution is 2.21. The summed E-state index contributed by atoms with van der Waals surface area (Å²) in [4.78, 5) is 0.230. The molecule has 6 nitrogen and oxygen atoms in total. The number of nitrogens with zero attached hydrogens (tertiary/aromatic N) is 2. The second kappa shape index (κ2) is 3.35. The van der Waals surface area contributed by atoms with Gasteiger partial charge in [0, 0.05) is 5.56 Å². The topological polar surface area (TPSA) is 85.2 Å². The molecule has 0 saturated heterocycles. The molecule has 0 atom stereocenters. The Morgan fingerprint density at radius 3 is 2.71 bits per heavy atom. The van der Waals surface area contributed by atoms with Crippen LogP contribution in [-0.2, 0) is 0 Å². The monoisotopic (exact) mass is 193 g/mol. The first-order valence-corrected chi connectivity index (χ1v) is 3.88. The fraction of sp³-hybridized carbons (Fsp3) is 0. The normalized spacial score (nSPS) is 10.1. The predicted octanol–water partition coefficient (Wildman–Crippen LogP) is 0.776. The first-order valence-electron chi connectivity index (χ1n) is 3.88. The van der Waals surface area contributed by atoms with Crippen molar-refractivity contribution in [3.63, 3.8) is 0 Å². The second-order valence-electron chi connectivity index (χ2n) is 2.61. The largest absolute Gasteiger partial charge is 0.359 e. The molecule has 0 aliphatic rings. The first-order chi connectivity index (χ1) is 6.83. The van der Waals surface area contributed by atoms with Gasteiger partial charge in [0.05, 0.1) is 5.16 Å². The van der Waals surface area contributed by atoms with Crippen molar-refractivity contribution in [3.8, 4) is 11.3 Å². The van der Waals surface area contributed by atoms with Crippen LogP contribution in [-0.4, -0.2) is 10.4 Å². The lowest BCUT2D eigenvalue weighted by atomic mass is 10.1. The molecule has 0 unspecified atom stereocenters. The van der Waals surface area contributed by atoms with Crippen molar-refractivity contribution >= 4 is 5.82 Å². The molecule has 72 valence electrons. The molecular weight excluding hydrogens is 186 g/mol. The number of hydrogen-bond donors (Lipinski definition) is 2. The van der Waals surface area contributed by atoms with Crippen molar-refractivity contribution in [2.75, 3.05) is 5.48 Å². The van der Waals surface area contributed by atoms with Gasteiger partial charge in [0.2, 0.25) is 0 Å². The fourth-order valence-electron chi connectivity index (χ4n) is 1.16. The van der Waals surface area contributed by atoms with Crippen LogP contribution < -0.4 is 10.4 Å². The SMILES string of the molecule is [O-][n+]1onc(NO)c1-c1ccccc1. The van der Waals surface area contributed by atoms with Crippen LogP contribution in [0.2, 0.25) is 0 Å². The summed E-state index contributed by atoms with van der Waals surface area (Å²) >= 11 is 0. The maximum absolute atomic E-state index is 11.1. The van der Waals surface area contributed by atoms with E-state index < -0.39 is 0 Å². The van der Waals surface area contributed by atoms with Gasteiger partial charge in [0.1, 0.15) is 0 Å². The number of benzene rings is 1. The van der Waals surface area contributed by atoms with Crippen molar-refractivity contribution in [2.45, 2.75) is 0 Å². The molecule has 2 rings (SSSR count). The van der Waals surface area contributed by atoms with Gasteiger partial charge >= 0.3 is 5.82 Å². The lowest BCUT2D eigenvalue weighted by Gasteiger charge is -1.96. The van der Waals surface area contributed by atoms with Crippen LogP contribution in [0.5, 0.6) is 0 Å². The molecule has 0 amide bonds. The number of nitrogens with one attached hydrogen (secondary N) is 1. The summed E-state index contributed by atoms with van der Waals surface area (Å²) in [5.41, 5.74) is 2.55. The molecule has 0 saturated carbocycles. The molecule has 0 aliphatic heterocycles. The van der Waals surface area contributed by atoms with Crippen molar-refractivity contribution in [1.82, 2.24) is 5.16 Å². The summed E-state index contributed by atoms with van der Waals surface area (Å²) in [7, 11) is 0. The van der Waals surface area contributed by atoms with Crippen LogP contribution in [0.1, 0.15) is 0 Å². The Morgan fingerprint density at radius 2 is 2.07 bits per heavy atom. The summed E-state index contributed by atoms with van der Waals surface area (Å²) in [6.45, 7) is 0. The van der Waals surface area contributed by atoms with Gasteiger partial charge in [0.25, 0.3) is 5.69 Å². The maximum atomic E-state index is 11.1. The predicted molar refractivity (Wildman–Crippen MR) is 46.3 cm³/mol. The van der Waals surface area contributed by atoms with E-state index >= 15 is 0 Å². The Labute approximate surface area is 78.9 Å². The Balaban J connectivity index is 2.55. The second-order valence-corrected chi connectivity index (χ2v) is 2.61. The van der Waals surface area contributed by atoms with Crippen LogP contribution in [0.3, 0.4) is 0 Å². The first kappa shape index (κ1) is 8.52. The quantitative estimate of drug-likeness (QED) is 0.543. The van der Waals surface area contributed by atoms with Crippen LogP contribution in [0.15, 0.2) is 35.0 Å². The molecule has 6 heteroatoms. The minimum Gasteiger partial charge on any atom is -0.359 e. The van der Waals surface area contributed by atoms with Gasteiger partial charge in [-0.1, -0.05) is 30.3 Å². The molecular formula is C8H7N3O3. The van der Waals surface area contributed by atoms with Crippen LogP contribution in [0, 0.1) is 5.21 Å². The van der Waals surface area contributed by atoms with E-state index in [1.165, 1.54) is 0 Å². The molecule has 1 heterocycles. The van der Waals surface area contributed by atoms with E-state index in [1.54, 1.807) is 29.7 Å². The molecule has 1 aromatic heterocycles. The highest BCUT2D eigenvalue weighted by Gasteiger charge is 2.19. The lowest BCUT2D eigenvalue weighted by molar-refractivity contribution is -0.793. The van der Waals surface area contributed by atoms with Gasteiger partial charge in [-0.25, -0.2) is 5.48 Å². The van der Waals surface area contributed by atoms with Gasteiger partial charge in [-0.05, 0) is 4.90 Å². The van der Waals surface area contributed by atoms with Crippen LogP contribution in [0.25, 0.3) is 11.3 Å². The standard InChI is InChI=1S/C8H7N3O3/c12-9-8-7(11(13)14-10-8)6-4-2-1-3-5-6/h1-5,12H,(H,9,10). The molecule has 2 N–H and O–H groups in total. The van der Waals surface area contributed by atoms with Gasteiger partial charge in [-0.15, -0.1) is 0 Å². The summed E-state index contributed by atoms with van der Waals surface area (Å²) < 4.78 is 4.33. The van der Waals surface area contributed by atoms with Crippen LogP contribution >= 0.6 is 0 Å². The van der Waals surface area contributed by atoms with E-state index in [0.29, 0.717) is 5.56 Å². The summed E-state index contributed by atoms with van der Waals surface area (Å²) in [6.07, 6.45) is 0. The molecule has 0 radical (unpaired) electrons. The summed E-state index contributed by atoms with van der Waals surface area (Å²) in [6, 6.07) is 8.77. The maximum Gasteiger partial charge on any atom is 0.338 e. The number of anilines is 1. The van der Waals surface area contributed by atoms with Crippen molar-refractivity contribution in [1.29, 1.82) is 0 Å². The Kier molecular flexibility index (Phi) is 2.04. The number of rotatable bonds is 2. The number of aromatic nitrogens is 2. The van der Waals surface area contributed by atoms with Crippen molar-refractivity contribution < 1.29 is 14.7 Å². The Morgan fingerprint density at radius 1 is 1.36 bits per heavy atom. The van der Waals surface area contributed by atoms with E-state index in [9.17, 15) is 5.21 Å². The molecule has 0 spiro atoms. The highest BCUT2D eigenvalue weighted by molar-refractivity contribution is 5.67. The van der Waals surface area contributed by atoms with Gasteiger partial charge in [0.15, 0.2) is 0 Å². The lowest BCUT2D eigenvalue weighted by Crippen LogP contribution is -2.25. The minimum atomic E-state index is -0.00815. The van der Waals surface area contributed by atoms with E-state index in [1.807, 2.05) is 6.07 Å². The smallest absolute Gasteiger partial charge is 0.338 e. The average Bonchev–Trinajstić information content (AvgIpc) is 2.61. The van der Waals surface area contributed by atoms with E-state index in [0.717, 1.165) is 0 Å². The van der Waals surface area contributed by atoms with Gasteiger partial charge in [-0.2, -0.15) is 0 Å². The van der Waals surface area contributed by atoms with Gasteiger partial charge in [-0.3, -0.25) is 9.84 Å². The zero-order chi connectivity index (χ0) is 9.97. The third-order valence-corrected chi connectivity index (χ3v) is 1.77. The summed E-state index contributed by atoms with van der Waals surface area (Å²) in [5, 5.41) is 23.1. The highest BCUT2D eigenvalue weighted by atomic mass is 16.8. The molecule has 1 aromatic carbocycles. The third-order valence-electron chi connectivity index (χ3n) is 1.77. The number of hydrogen-bond acceptors (Lipinski definition) is 5. The average molecular weight is 193 g/mol. The van der Waals surface area contributed by atoms with E-state index in [4.69, 9.17) is 5.21 Å². The molecule has 0 fully saturated rings. The zero-order valence-electron chi connectivity index (χ0n) is 7.04. The molecule has 0 bridgehead atoms. The zero-order valence-corrected chi connectivity index (χ0v) is 7.04. The van der Waals surface area contributed by atoms with Crippen molar-refractivity contribution in [2.24, 2.45) is 0 Å². The van der Waals surface area contributed by atoms with E-state index in [2.05, 4.69) is 9.79 Å². The van der Waals surface area contributed by atoms with Crippen LogP contribution in [0.4, 0.5) is 5.82 Å². The Bertz CT molecular complexity index is 427. The van der Waals surface area contributed by atoms with Crippen molar-refractivity contribution in [3.05, 3.63) is 35.5 Å². The Hall–Kier alpha value is -2.08. The molecule has 0 aliphatic carbocycles. The molecule has 2 aromatic rings.